The van der Waals surface area contributed by atoms with Crippen LogP contribution < -0.4 is 5.73 Å². The predicted molar refractivity (Wildman–Crippen MR) is 73.3 cm³/mol. The summed E-state index contributed by atoms with van der Waals surface area (Å²) in [4.78, 5) is 0. The van der Waals surface area contributed by atoms with Gasteiger partial charge in [-0.2, -0.15) is 13.2 Å². The molecule has 0 saturated carbocycles. The summed E-state index contributed by atoms with van der Waals surface area (Å²) in [6, 6.07) is 7.66. The Kier molecular flexibility index (Phi) is 4.81. The highest BCUT2D eigenvalue weighted by Gasteiger charge is 2.30. The van der Waals surface area contributed by atoms with Crippen molar-refractivity contribution in [1.82, 2.24) is 0 Å². The van der Waals surface area contributed by atoms with Crippen molar-refractivity contribution < 1.29 is 22.0 Å². The standard InChI is InChI=1S/C16H14F5N/c17-13-5-6-15(18)14(8-13)11(9-22)7-10-1-3-12(4-2-10)16(19,20)21/h1-6,8,11H,7,9,22H2. The Morgan fingerprint density at radius 1 is 0.955 bits per heavy atom. The molecular formula is C16H14F5N. The van der Waals surface area contributed by atoms with Gasteiger partial charge in [0.15, 0.2) is 0 Å². The van der Waals surface area contributed by atoms with Crippen LogP contribution in [0.5, 0.6) is 0 Å². The normalized spacial score (nSPS) is 13.2. The molecule has 118 valence electrons. The molecule has 0 fully saturated rings. The number of hydrogen-bond acceptors (Lipinski definition) is 1. The lowest BCUT2D eigenvalue weighted by molar-refractivity contribution is -0.137. The van der Waals surface area contributed by atoms with Crippen LogP contribution in [0.3, 0.4) is 0 Å². The van der Waals surface area contributed by atoms with E-state index in [0.717, 1.165) is 30.3 Å². The molecule has 0 aliphatic rings. The minimum absolute atomic E-state index is 0.0569. The van der Waals surface area contributed by atoms with Gasteiger partial charge in [-0.05, 0) is 54.4 Å². The van der Waals surface area contributed by atoms with Crippen molar-refractivity contribution in [2.45, 2.75) is 18.5 Å². The molecule has 2 aromatic rings. The zero-order valence-corrected chi connectivity index (χ0v) is 11.5. The molecule has 1 nitrogen and oxygen atoms in total. The van der Waals surface area contributed by atoms with Gasteiger partial charge in [0.05, 0.1) is 5.56 Å². The van der Waals surface area contributed by atoms with Crippen molar-refractivity contribution in [3.8, 4) is 0 Å². The molecule has 0 spiro atoms. The SMILES string of the molecule is NCC(Cc1ccc(C(F)(F)F)cc1)c1cc(F)ccc1F. The van der Waals surface area contributed by atoms with E-state index in [0.29, 0.717) is 5.56 Å². The summed E-state index contributed by atoms with van der Waals surface area (Å²) in [5.74, 6) is -1.67. The highest BCUT2D eigenvalue weighted by atomic mass is 19.4. The molecule has 2 aromatic carbocycles. The third-order valence-corrected chi connectivity index (χ3v) is 3.45. The third-order valence-electron chi connectivity index (χ3n) is 3.45. The lowest BCUT2D eigenvalue weighted by Gasteiger charge is -2.17. The molecule has 1 unspecified atom stereocenters. The van der Waals surface area contributed by atoms with Gasteiger partial charge >= 0.3 is 6.18 Å². The van der Waals surface area contributed by atoms with E-state index in [9.17, 15) is 22.0 Å². The zero-order chi connectivity index (χ0) is 16.3. The molecule has 2 rings (SSSR count). The Labute approximate surface area is 124 Å². The fourth-order valence-electron chi connectivity index (χ4n) is 2.26. The Balaban J connectivity index is 2.22. The van der Waals surface area contributed by atoms with Crippen LogP contribution in [0.1, 0.15) is 22.6 Å². The lowest BCUT2D eigenvalue weighted by atomic mass is 9.91. The van der Waals surface area contributed by atoms with Gasteiger partial charge in [-0.15, -0.1) is 0 Å². The molecule has 0 bridgehead atoms. The smallest absolute Gasteiger partial charge is 0.330 e. The van der Waals surface area contributed by atoms with Crippen LogP contribution in [0.25, 0.3) is 0 Å². The van der Waals surface area contributed by atoms with Crippen molar-refractivity contribution in [2.24, 2.45) is 5.73 Å². The first-order valence-corrected chi connectivity index (χ1v) is 6.62. The molecular weight excluding hydrogens is 301 g/mol. The van der Waals surface area contributed by atoms with Crippen molar-refractivity contribution >= 4 is 0 Å². The largest absolute Gasteiger partial charge is 0.416 e. The molecule has 0 saturated heterocycles. The maximum absolute atomic E-state index is 13.8. The first-order chi connectivity index (χ1) is 10.3. The van der Waals surface area contributed by atoms with Crippen LogP contribution in [-0.4, -0.2) is 6.54 Å². The first-order valence-electron chi connectivity index (χ1n) is 6.62. The van der Waals surface area contributed by atoms with Crippen LogP contribution in [-0.2, 0) is 12.6 Å². The average molecular weight is 315 g/mol. The topological polar surface area (TPSA) is 26.0 Å². The number of nitrogens with two attached hydrogens (primary N) is 1. The van der Waals surface area contributed by atoms with Gasteiger partial charge in [-0.1, -0.05) is 12.1 Å². The summed E-state index contributed by atoms with van der Waals surface area (Å²) in [6.45, 7) is 0.0569. The zero-order valence-electron chi connectivity index (χ0n) is 11.5. The second-order valence-corrected chi connectivity index (χ2v) is 5.00. The van der Waals surface area contributed by atoms with Gasteiger partial charge in [0, 0.05) is 5.92 Å². The van der Waals surface area contributed by atoms with Crippen LogP contribution in [0.4, 0.5) is 22.0 Å². The summed E-state index contributed by atoms with van der Waals surface area (Å²) in [6.07, 6.45) is -4.17. The van der Waals surface area contributed by atoms with Crippen molar-refractivity contribution in [3.63, 3.8) is 0 Å². The number of benzene rings is 2. The van der Waals surface area contributed by atoms with Gasteiger partial charge in [-0.25, -0.2) is 8.78 Å². The molecule has 1 atom stereocenters. The van der Waals surface area contributed by atoms with E-state index in [1.165, 1.54) is 12.1 Å². The summed E-state index contributed by atoms with van der Waals surface area (Å²) < 4.78 is 64.5. The molecule has 0 radical (unpaired) electrons. The van der Waals surface area contributed by atoms with E-state index in [1.807, 2.05) is 0 Å². The highest BCUT2D eigenvalue weighted by molar-refractivity contribution is 5.29. The van der Waals surface area contributed by atoms with Crippen LogP contribution in [0.2, 0.25) is 0 Å². The fraction of sp³-hybridized carbons (Fsp3) is 0.250. The predicted octanol–water partition coefficient (Wildman–Crippen LogP) is 4.27. The Morgan fingerprint density at radius 3 is 2.14 bits per heavy atom. The monoisotopic (exact) mass is 315 g/mol. The summed E-state index contributed by atoms with van der Waals surface area (Å²) >= 11 is 0. The van der Waals surface area contributed by atoms with Gasteiger partial charge in [-0.3, -0.25) is 0 Å². The Bertz CT molecular complexity index is 634. The van der Waals surface area contributed by atoms with E-state index in [2.05, 4.69) is 0 Å². The number of rotatable bonds is 4. The lowest BCUT2D eigenvalue weighted by Crippen LogP contribution is -2.17. The maximum Gasteiger partial charge on any atom is 0.416 e. The molecule has 2 N–H and O–H groups in total. The molecule has 0 aromatic heterocycles. The average Bonchev–Trinajstić information content (AvgIpc) is 2.47. The quantitative estimate of drug-likeness (QED) is 0.838. The minimum Gasteiger partial charge on any atom is -0.330 e. The number of hydrogen-bond donors (Lipinski definition) is 1. The molecule has 0 amide bonds. The van der Waals surface area contributed by atoms with Gasteiger partial charge in [0.1, 0.15) is 11.6 Å². The molecule has 0 heterocycles. The van der Waals surface area contributed by atoms with Crippen LogP contribution >= 0.6 is 0 Å². The molecule has 0 aliphatic heterocycles. The second kappa shape index (κ2) is 6.44. The molecule has 0 aliphatic carbocycles. The molecule has 22 heavy (non-hydrogen) atoms. The Morgan fingerprint density at radius 2 is 1.59 bits per heavy atom. The van der Waals surface area contributed by atoms with Crippen LogP contribution in [0.15, 0.2) is 42.5 Å². The van der Waals surface area contributed by atoms with E-state index in [4.69, 9.17) is 5.73 Å². The Hall–Kier alpha value is -1.95. The fourth-order valence-corrected chi connectivity index (χ4v) is 2.26. The second-order valence-electron chi connectivity index (χ2n) is 5.00. The van der Waals surface area contributed by atoms with Gasteiger partial charge in [0.2, 0.25) is 0 Å². The summed E-state index contributed by atoms with van der Waals surface area (Å²) in [5.41, 5.74) is 5.55. The summed E-state index contributed by atoms with van der Waals surface area (Å²) in [5, 5.41) is 0. The van der Waals surface area contributed by atoms with E-state index in [-0.39, 0.29) is 18.5 Å². The summed E-state index contributed by atoms with van der Waals surface area (Å²) in [7, 11) is 0. The van der Waals surface area contributed by atoms with Gasteiger partial charge in [0.25, 0.3) is 0 Å². The van der Waals surface area contributed by atoms with Crippen molar-refractivity contribution in [1.29, 1.82) is 0 Å². The first kappa shape index (κ1) is 16.4. The minimum atomic E-state index is -4.40. The molecule has 6 heteroatoms. The van der Waals surface area contributed by atoms with Crippen molar-refractivity contribution in [3.05, 3.63) is 70.8 Å². The van der Waals surface area contributed by atoms with E-state index >= 15 is 0 Å². The van der Waals surface area contributed by atoms with Crippen LogP contribution in [0, 0.1) is 11.6 Å². The van der Waals surface area contributed by atoms with Gasteiger partial charge < -0.3 is 5.73 Å². The number of halogens is 5. The maximum atomic E-state index is 13.8. The highest BCUT2D eigenvalue weighted by Crippen LogP contribution is 2.30. The van der Waals surface area contributed by atoms with E-state index in [1.54, 1.807) is 0 Å². The number of alkyl halides is 3. The van der Waals surface area contributed by atoms with E-state index < -0.39 is 29.3 Å². The van der Waals surface area contributed by atoms with Crippen molar-refractivity contribution in [2.75, 3.05) is 6.54 Å². The third kappa shape index (κ3) is 3.82.